The van der Waals surface area contributed by atoms with Gasteiger partial charge in [0.15, 0.2) is 0 Å². The average molecular weight is 375 g/mol. The summed E-state index contributed by atoms with van der Waals surface area (Å²) in [6.07, 6.45) is 3.41. The number of ether oxygens (including phenoxy) is 1. The minimum atomic E-state index is 0.282. The molecule has 144 valence electrons. The highest BCUT2D eigenvalue weighted by Gasteiger charge is 2.12. The Bertz CT molecular complexity index is 922. The molecule has 0 aliphatic heterocycles. The number of aromatic nitrogens is 3. The molecule has 0 saturated carbocycles. The second-order valence-corrected chi connectivity index (χ2v) is 6.50. The maximum absolute atomic E-state index is 6.50. The van der Waals surface area contributed by atoms with Crippen LogP contribution >= 0.6 is 0 Å². The SMILES string of the molecule is C#N.COc1cc(C)ccc1C(C)CNc1cc(-c2ccc(C)nc2)ncn1. The molecule has 0 amide bonds. The molecule has 1 N–H and O–H groups in total. The number of hydrogen-bond acceptors (Lipinski definition) is 6. The van der Waals surface area contributed by atoms with Crippen molar-refractivity contribution in [1.29, 1.82) is 5.26 Å². The van der Waals surface area contributed by atoms with Crippen LogP contribution in [0.2, 0.25) is 0 Å². The van der Waals surface area contributed by atoms with E-state index in [2.05, 4.69) is 58.9 Å². The molecule has 2 aromatic heterocycles. The molecule has 0 spiro atoms. The van der Waals surface area contributed by atoms with Gasteiger partial charge in [-0.3, -0.25) is 4.98 Å². The summed E-state index contributed by atoms with van der Waals surface area (Å²) in [6.45, 7) is 10.5. The van der Waals surface area contributed by atoms with Crippen molar-refractivity contribution in [3.63, 3.8) is 0 Å². The highest BCUT2D eigenvalue weighted by Crippen LogP contribution is 2.28. The molecule has 0 radical (unpaired) electrons. The molecule has 0 aliphatic carbocycles. The van der Waals surface area contributed by atoms with Crippen LogP contribution in [0.15, 0.2) is 48.9 Å². The van der Waals surface area contributed by atoms with Crippen LogP contribution in [0.25, 0.3) is 11.3 Å². The van der Waals surface area contributed by atoms with E-state index in [4.69, 9.17) is 10.00 Å². The smallest absolute Gasteiger partial charge is 0.129 e. The van der Waals surface area contributed by atoms with Crippen molar-refractivity contribution in [2.24, 2.45) is 0 Å². The summed E-state index contributed by atoms with van der Waals surface area (Å²) < 4.78 is 5.53. The zero-order valence-corrected chi connectivity index (χ0v) is 16.7. The van der Waals surface area contributed by atoms with E-state index in [-0.39, 0.29) is 5.92 Å². The number of anilines is 1. The van der Waals surface area contributed by atoms with Crippen molar-refractivity contribution >= 4 is 5.82 Å². The van der Waals surface area contributed by atoms with Crippen LogP contribution in [0.3, 0.4) is 0 Å². The maximum atomic E-state index is 6.50. The minimum Gasteiger partial charge on any atom is -0.496 e. The normalized spacial score (nSPS) is 11.1. The summed E-state index contributed by atoms with van der Waals surface area (Å²) in [7, 11) is 1.71. The first-order chi connectivity index (χ1) is 13.6. The van der Waals surface area contributed by atoms with E-state index in [0.29, 0.717) is 0 Å². The Labute approximate surface area is 166 Å². The molecule has 6 heteroatoms. The third-order valence-corrected chi connectivity index (χ3v) is 4.38. The molecule has 28 heavy (non-hydrogen) atoms. The lowest BCUT2D eigenvalue weighted by molar-refractivity contribution is 0.406. The number of pyridine rings is 1. The van der Waals surface area contributed by atoms with Gasteiger partial charge in [0, 0.05) is 42.6 Å². The predicted octanol–water partition coefficient (Wildman–Crippen LogP) is 4.52. The molecule has 1 unspecified atom stereocenters. The lowest BCUT2D eigenvalue weighted by Gasteiger charge is -2.17. The Hall–Kier alpha value is -3.46. The van der Waals surface area contributed by atoms with Gasteiger partial charge in [0.25, 0.3) is 0 Å². The summed E-state index contributed by atoms with van der Waals surface area (Å²) in [5, 5.41) is 9.90. The van der Waals surface area contributed by atoms with E-state index in [1.54, 1.807) is 13.4 Å². The van der Waals surface area contributed by atoms with Gasteiger partial charge in [-0.05, 0) is 43.2 Å². The molecule has 2 heterocycles. The quantitative estimate of drug-likeness (QED) is 0.682. The summed E-state index contributed by atoms with van der Waals surface area (Å²) in [4.78, 5) is 13.0. The second kappa shape index (κ2) is 10.0. The summed E-state index contributed by atoms with van der Waals surface area (Å²) >= 11 is 0. The van der Waals surface area contributed by atoms with Crippen LogP contribution in [-0.2, 0) is 0 Å². The van der Waals surface area contributed by atoms with Gasteiger partial charge in [-0.2, -0.15) is 0 Å². The Morgan fingerprint density at radius 3 is 2.54 bits per heavy atom. The zero-order chi connectivity index (χ0) is 20.5. The molecule has 1 atom stereocenters. The van der Waals surface area contributed by atoms with Gasteiger partial charge < -0.3 is 10.1 Å². The van der Waals surface area contributed by atoms with Crippen LogP contribution in [0.5, 0.6) is 5.75 Å². The van der Waals surface area contributed by atoms with E-state index in [1.165, 1.54) is 11.1 Å². The topological polar surface area (TPSA) is 83.7 Å². The van der Waals surface area contributed by atoms with Gasteiger partial charge >= 0.3 is 0 Å². The Balaban J connectivity index is 0.00000136. The van der Waals surface area contributed by atoms with E-state index < -0.39 is 0 Å². The number of nitrogens with zero attached hydrogens (tertiary/aromatic N) is 4. The highest BCUT2D eigenvalue weighted by atomic mass is 16.5. The number of hydrogen-bond donors (Lipinski definition) is 1. The summed E-state index contributed by atoms with van der Waals surface area (Å²) in [5.41, 5.74) is 5.20. The fraction of sp³-hybridized carbons (Fsp3) is 0.273. The van der Waals surface area contributed by atoms with Crippen molar-refractivity contribution in [3.8, 4) is 23.6 Å². The number of nitrogens with one attached hydrogen (secondary N) is 1. The highest BCUT2D eigenvalue weighted by molar-refractivity contribution is 5.61. The summed E-state index contributed by atoms with van der Waals surface area (Å²) in [5.74, 6) is 2.01. The Morgan fingerprint density at radius 1 is 1.07 bits per heavy atom. The molecular weight excluding hydrogens is 350 g/mol. The van der Waals surface area contributed by atoms with Gasteiger partial charge in [-0.25, -0.2) is 15.2 Å². The maximum Gasteiger partial charge on any atom is 0.129 e. The molecule has 0 aliphatic rings. The van der Waals surface area contributed by atoms with Gasteiger partial charge in [-0.15, -0.1) is 0 Å². The van der Waals surface area contributed by atoms with E-state index in [9.17, 15) is 0 Å². The van der Waals surface area contributed by atoms with E-state index in [1.807, 2.05) is 31.3 Å². The third-order valence-electron chi connectivity index (χ3n) is 4.38. The first-order valence-corrected chi connectivity index (χ1v) is 8.96. The number of rotatable bonds is 6. The third kappa shape index (κ3) is 5.27. The van der Waals surface area contributed by atoms with Gasteiger partial charge in [0.1, 0.15) is 17.9 Å². The van der Waals surface area contributed by atoms with Crippen molar-refractivity contribution in [2.75, 3.05) is 19.0 Å². The van der Waals surface area contributed by atoms with Crippen LogP contribution < -0.4 is 10.1 Å². The fourth-order valence-electron chi connectivity index (χ4n) is 2.82. The van der Waals surface area contributed by atoms with Crippen LogP contribution in [0, 0.1) is 25.7 Å². The summed E-state index contributed by atoms with van der Waals surface area (Å²) in [6, 6.07) is 12.3. The van der Waals surface area contributed by atoms with Crippen molar-refractivity contribution in [1.82, 2.24) is 15.0 Å². The van der Waals surface area contributed by atoms with E-state index in [0.717, 1.165) is 35.1 Å². The first kappa shape index (κ1) is 20.8. The van der Waals surface area contributed by atoms with Crippen molar-refractivity contribution in [3.05, 3.63) is 65.7 Å². The minimum absolute atomic E-state index is 0.282. The van der Waals surface area contributed by atoms with Crippen LogP contribution in [0.1, 0.15) is 29.7 Å². The molecule has 3 aromatic rings. The molecule has 3 rings (SSSR count). The van der Waals surface area contributed by atoms with Crippen molar-refractivity contribution in [2.45, 2.75) is 26.7 Å². The second-order valence-electron chi connectivity index (χ2n) is 6.50. The largest absolute Gasteiger partial charge is 0.496 e. The van der Waals surface area contributed by atoms with Gasteiger partial charge in [0.05, 0.1) is 12.8 Å². The molecule has 0 bridgehead atoms. The zero-order valence-electron chi connectivity index (χ0n) is 16.7. The van der Waals surface area contributed by atoms with Crippen LogP contribution in [0.4, 0.5) is 5.82 Å². The van der Waals surface area contributed by atoms with Gasteiger partial charge in [-0.1, -0.05) is 19.1 Å². The molecule has 6 nitrogen and oxygen atoms in total. The first-order valence-electron chi connectivity index (χ1n) is 8.96. The van der Waals surface area contributed by atoms with Gasteiger partial charge in [0.2, 0.25) is 0 Å². The fourth-order valence-corrected chi connectivity index (χ4v) is 2.82. The molecule has 1 aromatic carbocycles. The standard InChI is InChI=1S/C21H24N4O.CHN/c1-14-5-8-18(20(9-14)26-4)15(2)11-23-21-10-19(24-13-25-21)17-7-6-16(3)22-12-17;1-2/h5-10,12-13,15H,11H2,1-4H3,(H,23,24,25);1H. The predicted molar refractivity (Wildman–Crippen MR) is 111 cm³/mol. The number of benzene rings is 1. The number of aryl methyl sites for hydroxylation is 2. The molecular formula is C22H25N5O. The average Bonchev–Trinajstić information content (AvgIpc) is 2.74. The lowest BCUT2D eigenvalue weighted by Crippen LogP contribution is -2.12. The van der Waals surface area contributed by atoms with Crippen LogP contribution in [-0.4, -0.2) is 28.6 Å². The van der Waals surface area contributed by atoms with Crippen molar-refractivity contribution < 1.29 is 4.74 Å². The lowest BCUT2D eigenvalue weighted by atomic mass is 9.98. The number of methoxy groups -OCH3 is 1. The molecule has 0 saturated heterocycles. The van der Waals surface area contributed by atoms with E-state index >= 15 is 0 Å². The molecule has 0 fully saturated rings. The Morgan fingerprint density at radius 2 is 1.86 bits per heavy atom. The monoisotopic (exact) mass is 375 g/mol. The Kier molecular flexibility index (Phi) is 7.46. The number of nitriles is 1.